The van der Waals surface area contributed by atoms with E-state index in [1.165, 1.54) is 49.4 Å². The highest BCUT2D eigenvalue weighted by molar-refractivity contribution is 5.19. The van der Waals surface area contributed by atoms with Crippen LogP contribution in [0.2, 0.25) is 0 Å². The highest BCUT2D eigenvalue weighted by atomic mass is 19.1. The van der Waals surface area contributed by atoms with Gasteiger partial charge in [0.15, 0.2) is 0 Å². The van der Waals surface area contributed by atoms with Gasteiger partial charge in [0, 0.05) is 37.6 Å². The molecule has 3 aromatic rings. The smallest absolute Gasteiger partial charge is 0.123 e. The standard InChI is InChI=1S/C27H33FN2O/c28-24-12-7-11-23(17-24)19-29-16-8-15-26(29)20-30(25-13-5-2-6-14-25)21-27(31)18-22-9-3-1-4-10-22/h1,3-4,7-12,15-17,25,27,31H,2,5-6,13-14,18-21H2. The van der Waals surface area contributed by atoms with E-state index < -0.39 is 6.10 Å². The molecule has 4 rings (SSSR count). The summed E-state index contributed by atoms with van der Waals surface area (Å²) in [7, 11) is 0. The predicted molar refractivity (Wildman–Crippen MR) is 123 cm³/mol. The lowest BCUT2D eigenvalue weighted by Crippen LogP contribution is -2.42. The van der Waals surface area contributed by atoms with Crippen LogP contribution < -0.4 is 0 Å². The molecule has 1 heterocycles. The van der Waals surface area contributed by atoms with Gasteiger partial charge in [-0.3, -0.25) is 4.90 Å². The Morgan fingerprint density at radius 1 is 0.935 bits per heavy atom. The van der Waals surface area contributed by atoms with E-state index >= 15 is 0 Å². The maximum Gasteiger partial charge on any atom is 0.123 e. The first-order valence-electron chi connectivity index (χ1n) is 11.5. The maximum absolute atomic E-state index is 13.6. The average molecular weight is 421 g/mol. The number of aliphatic hydroxyl groups is 1. The normalized spacial score (nSPS) is 16.0. The van der Waals surface area contributed by atoms with Gasteiger partial charge in [0.25, 0.3) is 0 Å². The lowest BCUT2D eigenvalue weighted by molar-refractivity contribution is 0.0664. The number of halogens is 1. The van der Waals surface area contributed by atoms with E-state index in [0.29, 0.717) is 25.6 Å². The van der Waals surface area contributed by atoms with Crippen LogP contribution in [0.15, 0.2) is 72.9 Å². The zero-order valence-electron chi connectivity index (χ0n) is 18.2. The van der Waals surface area contributed by atoms with E-state index in [1.54, 1.807) is 12.1 Å². The number of benzene rings is 2. The molecule has 31 heavy (non-hydrogen) atoms. The average Bonchev–Trinajstić information content (AvgIpc) is 3.21. The first-order chi connectivity index (χ1) is 15.2. The Kier molecular flexibility index (Phi) is 7.55. The van der Waals surface area contributed by atoms with Crippen LogP contribution in [0.1, 0.15) is 48.9 Å². The number of aliphatic hydroxyl groups excluding tert-OH is 1. The second kappa shape index (κ2) is 10.7. The summed E-state index contributed by atoms with van der Waals surface area (Å²) >= 11 is 0. The number of nitrogens with zero attached hydrogens (tertiary/aromatic N) is 2. The van der Waals surface area contributed by atoms with Gasteiger partial charge in [0.05, 0.1) is 6.10 Å². The number of aromatic nitrogens is 1. The molecule has 1 unspecified atom stereocenters. The van der Waals surface area contributed by atoms with Crippen molar-refractivity contribution >= 4 is 0 Å². The Bertz CT molecular complexity index is 933. The molecule has 4 heteroatoms. The zero-order chi connectivity index (χ0) is 21.5. The van der Waals surface area contributed by atoms with Crippen LogP contribution >= 0.6 is 0 Å². The van der Waals surface area contributed by atoms with Crippen molar-refractivity contribution in [2.75, 3.05) is 6.54 Å². The maximum atomic E-state index is 13.6. The lowest BCUT2D eigenvalue weighted by Gasteiger charge is -2.36. The molecule has 0 bridgehead atoms. The number of hydrogen-bond acceptors (Lipinski definition) is 2. The van der Waals surface area contributed by atoms with E-state index in [4.69, 9.17) is 0 Å². The van der Waals surface area contributed by atoms with Crippen molar-refractivity contribution < 1.29 is 9.50 Å². The first-order valence-corrected chi connectivity index (χ1v) is 11.5. The lowest BCUT2D eigenvalue weighted by atomic mass is 9.93. The second-order valence-corrected chi connectivity index (χ2v) is 8.82. The third-order valence-corrected chi connectivity index (χ3v) is 6.38. The largest absolute Gasteiger partial charge is 0.391 e. The molecule has 1 N–H and O–H groups in total. The second-order valence-electron chi connectivity index (χ2n) is 8.82. The van der Waals surface area contributed by atoms with Crippen molar-refractivity contribution in [3.63, 3.8) is 0 Å². The summed E-state index contributed by atoms with van der Waals surface area (Å²) in [5.41, 5.74) is 3.35. The minimum absolute atomic E-state index is 0.195. The van der Waals surface area contributed by atoms with Crippen LogP contribution in [0.5, 0.6) is 0 Å². The summed E-state index contributed by atoms with van der Waals surface area (Å²) in [4.78, 5) is 2.48. The summed E-state index contributed by atoms with van der Waals surface area (Å²) in [5, 5.41) is 10.9. The molecule has 0 radical (unpaired) electrons. The molecule has 1 atom stereocenters. The SMILES string of the molecule is OC(Cc1ccccc1)CN(Cc1cccn1Cc1cccc(F)c1)C1CCCCC1. The Morgan fingerprint density at radius 2 is 1.71 bits per heavy atom. The molecule has 2 aromatic carbocycles. The van der Waals surface area contributed by atoms with E-state index in [-0.39, 0.29) is 5.82 Å². The molecule has 164 valence electrons. The molecular formula is C27H33FN2O. The van der Waals surface area contributed by atoms with Gasteiger partial charge in [-0.1, -0.05) is 61.7 Å². The van der Waals surface area contributed by atoms with Gasteiger partial charge in [-0.25, -0.2) is 4.39 Å². The fraction of sp³-hybridized carbons (Fsp3) is 0.407. The van der Waals surface area contributed by atoms with Crippen molar-refractivity contribution in [2.45, 2.75) is 63.8 Å². The van der Waals surface area contributed by atoms with Gasteiger partial charge in [0.1, 0.15) is 5.82 Å². The fourth-order valence-corrected chi connectivity index (χ4v) is 4.80. The molecule has 1 fully saturated rings. The molecule has 1 aliphatic rings. The summed E-state index contributed by atoms with van der Waals surface area (Å²) in [6, 6.07) is 21.8. The summed E-state index contributed by atoms with van der Waals surface area (Å²) in [5.74, 6) is -0.195. The van der Waals surface area contributed by atoms with Gasteiger partial charge in [-0.2, -0.15) is 0 Å². The topological polar surface area (TPSA) is 28.4 Å². The van der Waals surface area contributed by atoms with E-state index in [2.05, 4.69) is 39.9 Å². The molecule has 0 spiro atoms. The molecule has 1 aromatic heterocycles. The quantitative estimate of drug-likeness (QED) is 0.501. The minimum Gasteiger partial charge on any atom is -0.391 e. The Balaban J connectivity index is 1.46. The van der Waals surface area contributed by atoms with Crippen molar-refractivity contribution in [1.82, 2.24) is 9.47 Å². The Hall–Kier alpha value is -2.43. The zero-order valence-corrected chi connectivity index (χ0v) is 18.2. The molecular weight excluding hydrogens is 387 g/mol. The van der Waals surface area contributed by atoms with Gasteiger partial charge < -0.3 is 9.67 Å². The summed E-state index contributed by atoms with van der Waals surface area (Å²) < 4.78 is 15.8. The van der Waals surface area contributed by atoms with Crippen molar-refractivity contribution in [1.29, 1.82) is 0 Å². The van der Waals surface area contributed by atoms with Crippen LogP contribution in [0.4, 0.5) is 4.39 Å². The Labute approximate surface area is 185 Å². The first kappa shape index (κ1) is 21.8. The summed E-state index contributed by atoms with van der Waals surface area (Å²) in [6.45, 7) is 2.13. The van der Waals surface area contributed by atoms with Gasteiger partial charge in [-0.05, 0) is 54.7 Å². The molecule has 1 aliphatic carbocycles. The van der Waals surface area contributed by atoms with Crippen LogP contribution in [-0.2, 0) is 19.5 Å². The molecule has 0 aliphatic heterocycles. The van der Waals surface area contributed by atoms with Crippen molar-refractivity contribution in [3.05, 3.63) is 95.6 Å². The predicted octanol–water partition coefficient (Wildman–Crippen LogP) is 5.41. The van der Waals surface area contributed by atoms with Crippen LogP contribution in [-0.4, -0.2) is 33.3 Å². The van der Waals surface area contributed by atoms with Crippen molar-refractivity contribution in [3.8, 4) is 0 Å². The molecule has 3 nitrogen and oxygen atoms in total. The van der Waals surface area contributed by atoms with E-state index in [1.807, 2.05) is 24.3 Å². The Morgan fingerprint density at radius 3 is 2.48 bits per heavy atom. The fourth-order valence-electron chi connectivity index (χ4n) is 4.80. The van der Waals surface area contributed by atoms with Crippen molar-refractivity contribution in [2.24, 2.45) is 0 Å². The van der Waals surface area contributed by atoms with Gasteiger partial charge in [0.2, 0.25) is 0 Å². The van der Waals surface area contributed by atoms with Crippen LogP contribution in [0, 0.1) is 5.82 Å². The van der Waals surface area contributed by atoms with E-state index in [0.717, 1.165) is 12.1 Å². The van der Waals surface area contributed by atoms with Gasteiger partial charge in [-0.15, -0.1) is 0 Å². The molecule has 0 saturated heterocycles. The minimum atomic E-state index is -0.393. The summed E-state index contributed by atoms with van der Waals surface area (Å²) in [6.07, 6.45) is 8.59. The third-order valence-electron chi connectivity index (χ3n) is 6.38. The third kappa shape index (κ3) is 6.28. The van der Waals surface area contributed by atoms with Crippen LogP contribution in [0.3, 0.4) is 0 Å². The monoisotopic (exact) mass is 420 g/mol. The van der Waals surface area contributed by atoms with Gasteiger partial charge >= 0.3 is 0 Å². The molecule has 0 amide bonds. The van der Waals surface area contributed by atoms with E-state index in [9.17, 15) is 9.50 Å². The molecule has 1 saturated carbocycles. The van der Waals surface area contributed by atoms with Crippen LogP contribution in [0.25, 0.3) is 0 Å². The number of rotatable bonds is 9. The highest BCUT2D eigenvalue weighted by Gasteiger charge is 2.24. The number of hydrogen-bond donors (Lipinski definition) is 1. The highest BCUT2D eigenvalue weighted by Crippen LogP contribution is 2.25.